The first kappa shape index (κ1) is 23.1. The third kappa shape index (κ3) is 4.06. The minimum Gasteiger partial charge on any atom is -0.469 e. The van der Waals surface area contributed by atoms with Gasteiger partial charge in [0.1, 0.15) is 6.10 Å². The van der Waals surface area contributed by atoms with Crippen LogP contribution < -0.4 is 0 Å². The minimum atomic E-state index is -0.117. The fourth-order valence-electron chi connectivity index (χ4n) is 9.18. The van der Waals surface area contributed by atoms with Gasteiger partial charge >= 0.3 is 11.9 Å². The Kier molecular flexibility index (Phi) is 6.49. The van der Waals surface area contributed by atoms with Crippen LogP contribution >= 0.6 is 0 Å². The predicted octanol–water partition coefficient (Wildman–Crippen LogP) is 6.17. The van der Waals surface area contributed by atoms with Crippen LogP contribution in [0.1, 0.15) is 98.3 Å². The molecule has 4 saturated carbocycles. The number of ether oxygens (including phenoxy) is 2. The van der Waals surface area contributed by atoms with Crippen molar-refractivity contribution in [3.8, 4) is 0 Å². The molecule has 4 aliphatic carbocycles. The number of methoxy groups -OCH3 is 1. The molecule has 9 atom stereocenters. The summed E-state index contributed by atoms with van der Waals surface area (Å²) < 4.78 is 10.5. The lowest BCUT2D eigenvalue weighted by molar-refractivity contribution is -0.160. The maximum absolute atomic E-state index is 11.7. The monoisotopic (exact) mass is 432 g/mol. The fourth-order valence-corrected chi connectivity index (χ4v) is 9.18. The second kappa shape index (κ2) is 8.71. The van der Waals surface area contributed by atoms with Gasteiger partial charge < -0.3 is 9.47 Å². The first-order valence-electron chi connectivity index (χ1n) is 12.9. The van der Waals surface area contributed by atoms with E-state index in [-0.39, 0.29) is 18.0 Å². The first-order valence-corrected chi connectivity index (χ1v) is 12.9. The van der Waals surface area contributed by atoms with Gasteiger partial charge in [0, 0.05) is 13.3 Å². The summed E-state index contributed by atoms with van der Waals surface area (Å²) in [7, 11) is 1.50. The molecule has 0 aliphatic heterocycles. The van der Waals surface area contributed by atoms with Crippen LogP contribution in [0.3, 0.4) is 0 Å². The first-order chi connectivity index (χ1) is 14.7. The molecule has 0 heterocycles. The van der Waals surface area contributed by atoms with E-state index in [4.69, 9.17) is 9.47 Å². The lowest BCUT2D eigenvalue weighted by Gasteiger charge is -2.61. The quantitative estimate of drug-likeness (QED) is 0.488. The summed E-state index contributed by atoms with van der Waals surface area (Å²) in [5.41, 5.74) is 0.865. The molecule has 0 bridgehead atoms. The lowest BCUT2D eigenvalue weighted by Crippen LogP contribution is -2.54. The van der Waals surface area contributed by atoms with Crippen molar-refractivity contribution in [2.75, 3.05) is 7.11 Å². The molecule has 0 unspecified atom stereocenters. The van der Waals surface area contributed by atoms with Crippen molar-refractivity contribution in [2.24, 2.45) is 46.3 Å². The summed E-state index contributed by atoms with van der Waals surface area (Å²) in [6.07, 6.45) is 13.1. The summed E-state index contributed by atoms with van der Waals surface area (Å²) in [4.78, 5) is 23.2. The maximum atomic E-state index is 11.7. The van der Waals surface area contributed by atoms with Crippen LogP contribution in [0.15, 0.2) is 0 Å². The van der Waals surface area contributed by atoms with Crippen molar-refractivity contribution in [3.05, 3.63) is 0 Å². The minimum absolute atomic E-state index is 0.0640. The van der Waals surface area contributed by atoms with E-state index in [2.05, 4.69) is 20.8 Å². The molecular weight excluding hydrogens is 388 g/mol. The molecule has 4 heteroatoms. The molecule has 4 nitrogen and oxygen atoms in total. The molecule has 0 aromatic rings. The van der Waals surface area contributed by atoms with Gasteiger partial charge in [0.2, 0.25) is 0 Å². The molecule has 4 rings (SSSR count). The fraction of sp³-hybridized carbons (Fsp3) is 0.926. The Bertz CT molecular complexity index is 689. The van der Waals surface area contributed by atoms with Crippen LogP contribution in [0.25, 0.3) is 0 Å². The zero-order valence-corrected chi connectivity index (χ0v) is 20.5. The van der Waals surface area contributed by atoms with Gasteiger partial charge in [-0.1, -0.05) is 20.8 Å². The Labute approximate surface area is 189 Å². The van der Waals surface area contributed by atoms with Gasteiger partial charge in [-0.15, -0.1) is 0 Å². The summed E-state index contributed by atoms with van der Waals surface area (Å²) in [6, 6.07) is 0. The van der Waals surface area contributed by atoms with Crippen molar-refractivity contribution in [1.82, 2.24) is 0 Å². The van der Waals surface area contributed by atoms with Gasteiger partial charge in [-0.3, -0.25) is 9.59 Å². The highest BCUT2D eigenvalue weighted by Crippen LogP contribution is 2.68. The molecule has 0 aromatic heterocycles. The van der Waals surface area contributed by atoms with Crippen LogP contribution in [-0.2, 0) is 19.1 Å². The molecule has 31 heavy (non-hydrogen) atoms. The number of carbonyl (C=O) groups is 2. The third-order valence-corrected chi connectivity index (χ3v) is 10.7. The summed E-state index contributed by atoms with van der Waals surface area (Å²) >= 11 is 0. The largest absolute Gasteiger partial charge is 0.469 e. The van der Waals surface area contributed by atoms with Gasteiger partial charge in [-0.05, 0) is 111 Å². The van der Waals surface area contributed by atoms with E-state index in [0.29, 0.717) is 29.1 Å². The Hall–Kier alpha value is -1.06. The number of hydrogen-bond donors (Lipinski definition) is 0. The van der Waals surface area contributed by atoms with Crippen molar-refractivity contribution in [2.45, 2.75) is 104 Å². The van der Waals surface area contributed by atoms with Crippen molar-refractivity contribution in [1.29, 1.82) is 0 Å². The lowest BCUT2D eigenvalue weighted by atomic mass is 9.44. The molecule has 0 amide bonds. The summed E-state index contributed by atoms with van der Waals surface area (Å²) in [5.74, 6) is 4.42. The molecular formula is C27H44O4. The van der Waals surface area contributed by atoms with Gasteiger partial charge in [0.15, 0.2) is 0 Å². The van der Waals surface area contributed by atoms with Gasteiger partial charge in [-0.25, -0.2) is 0 Å². The average Bonchev–Trinajstić information content (AvgIpc) is 3.09. The van der Waals surface area contributed by atoms with Crippen molar-refractivity contribution >= 4 is 11.9 Å². The van der Waals surface area contributed by atoms with E-state index in [9.17, 15) is 9.59 Å². The highest BCUT2D eigenvalue weighted by molar-refractivity contribution is 5.69. The van der Waals surface area contributed by atoms with E-state index in [1.165, 1.54) is 52.1 Å². The number of esters is 2. The van der Waals surface area contributed by atoms with Crippen molar-refractivity contribution in [3.63, 3.8) is 0 Å². The van der Waals surface area contributed by atoms with Crippen LogP contribution in [0, 0.1) is 46.3 Å². The smallest absolute Gasteiger partial charge is 0.305 e. The molecule has 0 radical (unpaired) electrons. The van der Waals surface area contributed by atoms with Gasteiger partial charge in [0.05, 0.1) is 7.11 Å². The molecule has 0 N–H and O–H groups in total. The topological polar surface area (TPSA) is 52.6 Å². The number of carbonyl (C=O) groups excluding carboxylic acids is 2. The standard InChI is InChI=1S/C27H44O4/c1-17(6-11-25(29)30-5)22-9-10-23-21-8-7-19-16-20(31-18(2)28)12-14-26(19,3)24(21)13-15-27(22,23)4/h17,19-24H,6-16H2,1-5H3/t17-,19+,20+,21+,22-,23+,24+,26+,27-/m1/s1. The summed E-state index contributed by atoms with van der Waals surface area (Å²) in [5, 5.41) is 0. The number of rotatable bonds is 5. The van der Waals surface area contributed by atoms with Crippen LogP contribution in [-0.4, -0.2) is 25.2 Å². The molecule has 0 aromatic carbocycles. The van der Waals surface area contributed by atoms with E-state index in [1.807, 2.05) is 0 Å². The Morgan fingerprint density at radius 1 is 0.968 bits per heavy atom. The Morgan fingerprint density at radius 2 is 1.68 bits per heavy atom. The highest BCUT2D eigenvalue weighted by Gasteiger charge is 2.60. The van der Waals surface area contributed by atoms with Crippen LogP contribution in [0.5, 0.6) is 0 Å². The zero-order valence-electron chi connectivity index (χ0n) is 20.5. The SMILES string of the molecule is COC(=O)CC[C@@H](C)[C@H]1CC[C@H]2[C@@H]3CC[C@H]4C[C@@H](OC(C)=O)CC[C@]4(C)[C@H]3CC[C@]12C. The average molecular weight is 433 g/mol. The number of fused-ring (bicyclic) bond motifs is 5. The summed E-state index contributed by atoms with van der Waals surface area (Å²) in [6.45, 7) is 9.09. The van der Waals surface area contributed by atoms with Gasteiger partial charge in [0.25, 0.3) is 0 Å². The van der Waals surface area contributed by atoms with Gasteiger partial charge in [-0.2, -0.15) is 0 Å². The Balaban J connectivity index is 1.45. The number of hydrogen-bond acceptors (Lipinski definition) is 4. The van der Waals surface area contributed by atoms with Crippen LogP contribution in [0.2, 0.25) is 0 Å². The molecule has 4 aliphatic rings. The molecule has 0 spiro atoms. The van der Waals surface area contributed by atoms with E-state index < -0.39 is 0 Å². The van der Waals surface area contributed by atoms with Crippen molar-refractivity contribution < 1.29 is 19.1 Å². The zero-order chi connectivity index (χ0) is 22.4. The van der Waals surface area contributed by atoms with E-state index in [0.717, 1.165) is 42.9 Å². The van der Waals surface area contributed by atoms with Crippen LogP contribution in [0.4, 0.5) is 0 Å². The third-order valence-electron chi connectivity index (χ3n) is 10.7. The highest BCUT2D eigenvalue weighted by atomic mass is 16.5. The predicted molar refractivity (Wildman–Crippen MR) is 121 cm³/mol. The normalized spacial score (nSPS) is 45.1. The molecule has 0 saturated heterocycles. The van der Waals surface area contributed by atoms with E-state index >= 15 is 0 Å². The second-order valence-corrected chi connectivity index (χ2v) is 12.0. The Morgan fingerprint density at radius 3 is 2.39 bits per heavy atom. The molecule has 4 fully saturated rings. The maximum Gasteiger partial charge on any atom is 0.305 e. The second-order valence-electron chi connectivity index (χ2n) is 12.0. The molecule has 176 valence electrons. The van der Waals surface area contributed by atoms with E-state index in [1.54, 1.807) is 6.92 Å².